The van der Waals surface area contributed by atoms with E-state index in [1.807, 2.05) is 0 Å². The van der Waals surface area contributed by atoms with E-state index in [9.17, 15) is 9.18 Å². The molecule has 0 saturated heterocycles. The van der Waals surface area contributed by atoms with Crippen LogP contribution >= 0.6 is 0 Å². The molecule has 2 rings (SSSR count). The van der Waals surface area contributed by atoms with Crippen molar-refractivity contribution in [1.82, 2.24) is 5.16 Å². The molecular weight excluding hydrogens is 211 g/mol. The Bertz CT molecular complexity index is 549. The van der Waals surface area contributed by atoms with Gasteiger partial charge in [0.05, 0.1) is 5.56 Å². The Kier molecular flexibility index (Phi) is 2.44. The van der Waals surface area contributed by atoms with Gasteiger partial charge >= 0.3 is 0 Å². The summed E-state index contributed by atoms with van der Waals surface area (Å²) in [6, 6.07) is 5.65. The van der Waals surface area contributed by atoms with Gasteiger partial charge in [-0.1, -0.05) is 17.3 Å². The molecule has 82 valence electrons. The van der Waals surface area contributed by atoms with Crippen molar-refractivity contribution in [2.45, 2.75) is 6.92 Å². The van der Waals surface area contributed by atoms with E-state index in [0.29, 0.717) is 5.76 Å². The number of carbonyl (C=O) groups is 1. The normalized spacial score (nSPS) is 10.4. The number of anilines is 1. The number of halogens is 1. The van der Waals surface area contributed by atoms with Gasteiger partial charge in [-0.05, 0) is 19.1 Å². The van der Waals surface area contributed by atoms with Crippen LogP contribution in [-0.4, -0.2) is 10.9 Å². The van der Waals surface area contributed by atoms with Crippen LogP contribution in [0.5, 0.6) is 0 Å². The Morgan fingerprint density at radius 3 is 2.69 bits per heavy atom. The third kappa shape index (κ3) is 1.56. The van der Waals surface area contributed by atoms with Crippen molar-refractivity contribution in [1.29, 1.82) is 0 Å². The predicted molar refractivity (Wildman–Crippen MR) is 55.5 cm³/mol. The topological polar surface area (TPSA) is 69.1 Å². The summed E-state index contributed by atoms with van der Waals surface area (Å²) < 4.78 is 18.1. The van der Waals surface area contributed by atoms with Crippen LogP contribution in [0.4, 0.5) is 10.1 Å². The van der Waals surface area contributed by atoms with E-state index in [1.54, 1.807) is 13.0 Å². The summed E-state index contributed by atoms with van der Waals surface area (Å²) in [5.74, 6) is -0.834. The smallest absolute Gasteiger partial charge is 0.219 e. The fourth-order valence-electron chi connectivity index (χ4n) is 1.32. The molecule has 0 radical (unpaired) electrons. The Morgan fingerprint density at radius 1 is 1.44 bits per heavy atom. The number of carbonyl (C=O) groups excluding carboxylic acids is 1. The fourth-order valence-corrected chi connectivity index (χ4v) is 1.32. The average Bonchev–Trinajstić information content (AvgIpc) is 2.60. The third-order valence-electron chi connectivity index (χ3n) is 2.24. The zero-order valence-corrected chi connectivity index (χ0v) is 8.53. The summed E-state index contributed by atoms with van der Waals surface area (Å²) in [5, 5.41) is 3.52. The molecule has 2 aromatic rings. The van der Waals surface area contributed by atoms with Gasteiger partial charge in [-0.25, -0.2) is 4.39 Å². The van der Waals surface area contributed by atoms with Gasteiger partial charge in [-0.2, -0.15) is 0 Å². The van der Waals surface area contributed by atoms with Gasteiger partial charge in [0.15, 0.2) is 11.5 Å². The summed E-state index contributed by atoms with van der Waals surface area (Å²) in [5.41, 5.74) is 5.62. The number of benzene rings is 1. The molecule has 0 saturated carbocycles. The molecule has 1 aromatic heterocycles. The van der Waals surface area contributed by atoms with Crippen molar-refractivity contribution in [3.63, 3.8) is 0 Å². The molecule has 1 heterocycles. The van der Waals surface area contributed by atoms with Crippen LogP contribution in [0, 0.1) is 12.7 Å². The molecule has 0 aliphatic rings. The highest BCUT2D eigenvalue weighted by Gasteiger charge is 2.21. The summed E-state index contributed by atoms with van der Waals surface area (Å²) in [4.78, 5) is 11.9. The maximum atomic E-state index is 13.3. The standard InChI is InChI=1S/C11H9FN2O2/c1-6-9(13)10(14-16-6)11(15)7-4-2-3-5-8(7)12/h2-5H,13H2,1H3. The Labute approximate surface area is 90.9 Å². The lowest BCUT2D eigenvalue weighted by Crippen LogP contribution is -2.07. The van der Waals surface area contributed by atoms with E-state index in [1.165, 1.54) is 18.2 Å². The van der Waals surface area contributed by atoms with Crippen LogP contribution in [0.25, 0.3) is 0 Å². The lowest BCUT2D eigenvalue weighted by atomic mass is 10.1. The number of rotatable bonds is 2. The third-order valence-corrected chi connectivity index (χ3v) is 2.24. The quantitative estimate of drug-likeness (QED) is 0.785. The molecule has 2 N–H and O–H groups in total. The number of ketones is 1. The minimum atomic E-state index is -0.604. The number of hydrogen-bond acceptors (Lipinski definition) is 4. The Balaban J connectivity index is 2.48. The van der Waals surface area contributed by atoms with E-state index >= 15 is 0 Å². The number of nitrogens with two attached hydrogens (primary N) is 1. The monoisotopic (exact) mass is 220 g/mol. The van der Waals surface area contributed by atoms with Crippen molar-refractivity contribution in [2.75, 3.05) is 5.73 Å². The zero-order valence-electron chi connectivity index (χ0n) is 8.53. The Morgan fingerprint density at radius 2 is 2.12 bits per heavy atom. The van der Waals surface area contributed by atoms with Crippen LogP contribution in [0.15, 0.2) is 28.8 Å². The molecule has 0 unspecified atom stereocenters. The van der Waals surface area contributed by atoms with Crippen molar-refractivity contribution < 1.29 is 13.7 Å². The first-order chi connectivity index (χ1) is 7.61. The lowest BCUT2D eigenvalue weighted by molar-refractivity contribution is 0.102. The van der Waals surface area contributed by atoms with Crippen LogP contribution in [-0.2, 0) is 0 Å². The van der Waals surface area contributed by atoms with Gasteiger partial charge in [0.25, 0.3) is 0 Å². The number of aryl methyl sites for hydroxylation is 1. The van der Waals surface area contributed by atoms with E-state index < -0.39 is 11.6 Å². The average molecular weight is 220 g/mol. The molecule has 4 nitrogen and oxygen atoms in total. The highest BCUT2D eigenvalue weighted by Crippen LogP contribution is 2.20. The van der Waals surface area contributed by atoms with Crippen LogP contribution in [0.3, 0.4) is 0 Å². The van der Waals surface area contributed by atoms with Gasteiger partial charge in [-0.3, -0.25) is 4.79 Å². The van der Waals surface area contributed by atoms with E-state index in [-0.39, 0.29) is 16.9 Å². The second-order valence-electron chi connectivity index (χ2n) is 3.31. The minimum absolute atomic E-state index is 0.0531. The summed E-state index contributed by atoms with van der Waals surface area (Å²) >= 11 is 0. The number of aromatic nitrogens is 1. The fraction of sp³-hybridized carbons (Fsp3) is 0.0909. The van der Waals surface area contributed by atoms with E-state index in [4.69, 9.17) is 10.3 Å². The number of nitrogen functional groups attached to an aromatic ring is 1. The van der Waals surface area contributed by atoms with Crippen LogP contribution in [0.1, 0.15) is 21.8 Å². The summed E-state index contributed by atoms with van der Waals surface area (Å²) in [6.45, 7) is 1.58. The molecule has 1 aromatic carbocycles. The molecule has 0 amide bonds. The number of nitrogens with zero attached hydrogens (tertiary/aromatic N) is 1. The van der Waals surface area contributed by atoms with Gasteiger partial charge < -0.3 is 10.3 Å². The first-order valence-electron chi connectivity index (χ1n) is 4.62. The largest absolute Gasteiger partial charge is 0.394 e. The van der Waals surface area contributed by atoms with E-state index in [2.05, 4.69) is 5.16 Å². The van der Waals surface area contributed by atoms with Crippen molar-refractivity contribution in [3.05, 3.63) is 47.1 Å². The molecular formula is C11H9FN2O2. The second kappa shape index (κ2) is 3.77. The maximum Gasteiger partial charge on any atom is 0.219 e. The molecule has 0 atom stereocenters. The van der Waals surface area contributed by atoms with Crippen LogP contribution < -0.4 is 5.73 Å². The van der Waals surface area contributed by atoms with Gasteiger partial charge in [0, 0.05) is 0 Å². The molecule has 0 bridgehead atoms. The molecule has 5 heteroatoms. The van der Waals surface area contributed by atoms with Gasteiger partial charge in [0.1, 0.15) is 11.5 Å². The van der Waals surface area contributed by atoms with Gasteiger partial charge in [0.2, 0.25) is 5.78 Å². The van der Waals surface area contributed by atoms with Gasteiger partial charge in [-0.15, -0.1) is 0 Å². The highest BCUT2D eigenvalue weighted by atomic mass is 19.1. The molecule has 16 heavy (non-hydrogen) atoms. The second-order valence-corrected chi connectivity index (χ2v) is 3.31. The summed E-state index contributed by atoms with van der Waals surface area (Å²) in [7, 11) is 0. The Hall–Kier alpha value is -2.17. The van der Waals surface area contributed by atoms with Crippen molar-refractivity contribution >= 4 is 11.5 Å². The van der Waals surface area contributed by atoms with Crippen molar-refractivity contribution in [3.8, 4) is 0 Å². The zero-order chi connectivity index (χ0) is 11.7. The molecule has 0 fully saturated rings. The van der Waals surface area contributed by atoms with Crippen molar-refractivity contribution in [2.24, 2.45) is 0 Å². The maximum absolute atomic E-state index is 13.3. The first-order valence-corrected chi connectivity index (χ1v) is 4.62. The van der Waals surface area contributed by atoms with E-state index in [0.717, 1.165) is 0 Å². The first kappa shape index (κ1) is 10.4. The predicted octanol–water partition coefficient (Wildman–Crippen LogP) is 1.94. The molecule has 0 aliphatic carbocycles. The van der Waals surface area contributed by atoms with Crippen LogP contribution in [0.2, 0.25) is 0 Å². The number of hydrogen-bond donors (Lipinski definition) is 1. The lowest BCUT2D eigenvalue weighted by Gasteiger charge is -1.99. The molecule has 0 aliphatic heterocycles. The molecule has 0 spiro atoms. The minimum Gasteiger partial charge on any atom is -0.394 e. The highest BCUT2D eigenvalue weighted by molar-refractivity contribution is 6.10. The SMILES string of the molecule is Cc1onc(C(=O)c2ccccc2F)c1N. The summed E-state index contributed by atoms with van der Waals surface area (Å²) in [6.07, 6.45) is 0.